The second-order valence-electron chi connectivity index (χ2n) is 9.27. The molecule has 4 aromatic rings. The number of ether oxygens (including phenoxy) is 2. The molecule has 0 aliphatic carbocycles. The zero-order valence-electron chi connectivity index (χ0n) is 21.2. The molecule has 0 spiro atoms. The maximum Gasteiger partial charge on any atom is 0.253 e. The van der Waals surface area contributed by atoms with Gasteiger partial charge in [-0.2, -0.15) is 0 Å². The first-order valence-electron chi connectivity index (χ1n) is 12.1. The van der Waals surface area contributed by atoms with Gasteiger partial charge in [-0.15, -0.1) is 0 Å². The van der Waals surface area contributed by atoms with E-state index in [1.165, 1.54) is 11.1 Å². The summed E-state index contributed by atoms with van der Waals surface area (Å²) in [5.74, 6) is 0.854. The minimum atomic E-state index is -0.0225. The summed E-state index contributed by atoms with van der Waals surface area (Å²) in [5, 5.41) is 0. The molecule has 1 aliphatic rings. The fraction of sp³-hybridized carbons (Fsp3) is 0.321. The van der Waals surface area contributed by atoms with Crippen molar-refractivity contribution in [2.45, 2.75) is 13.0 Å². The molecule has 0 saturated carbocycles. The fourth-order valence-electron chi connectivity index (χ4n) is 4.73. The minimum Gasteiger partial charge on any atom is -0.496 e. The molecule has 2 aromatic heterocycles. The van der Waals surface area contributed by atoms with Crippen LogP contribution < -0.4 is 4.74 Å². The molecule has 1 aliphatic heterocycles. The molecule has 186 valence electrons. The number of amides is 1. The number of aromatic nitrogens is 3. The van der Waals surface area contributed by atoms with Gasteiger partial charge in [0, 0.05) is 69.3 Å². The predicted molar refractivity (Wildman–Crippen MR) is 140 cm³/mol. The smallest absolute Gasteiger partial charge is 0.253 e. The Morgan fingerprint density at radius 3 is 2.67 bits per heavy atom. The molecule has 0 fully saturated rings. The summed E-state index contributed by atoms with van der Waals surface area (Å²) in [6, 6.07) is 11.9. The summed E-state index contributed by atoms with van der Waals surface area (Å²) in [6.45, 7) is 3.46. The maximum absolute atomic E-state index is 12.3. The molecule has 0 unspecified atom stereocenters. The van der Waals surface area contributed by atoms with Crippen molar-refractivity contribution in [1.82, 2.24) is 24.8 Å². The van der Waals surface area contributed by atoms with Crippen LogP contribution in [0.1, 0.15) is 21.5 Å². The molecule has 8 heteroatoms. The van der Waals surface area contributed by atoms with E-state index < -0.39 is 0 Å². The van der Waals surface area contributed by atoms with E-state index in [4.69, 9.17) is 14.5 Å². The number of H-pyrrole nitrogens is 1. The van der Waals surface area contributed by atoms with E-state index >= 15 is 0 Å². The molecular weight excluding hydrogens is 454 g/mol. The quantitative estimate of drug-likeness (QED) is 0.426. The SMILES string of the molecule is COCCN1CCc2cc(-c3cnc4[nH]cc(-c5ccc(C(=O)N(C)C)cc5)c4n3)cc(OC)c2C1. The van der Waals surface area contributed by atoms with Gasteiger partial charge >= 0.3 is 0 Å². The average Bonchev–Trinajstić information content (AvgIpc) is 3.34. The summed E-state index contributed by atoms with van der Waals surface area (Å²) in [6.07, 6.45) is 4.67. The number of nitrogens with one attached hydrogen (secondary N) is 1. The van der Waals surface area contributed by atoms with E-state index in [1.54, 1.807) is 39.4 Å². The Labute approximate surface area is 210 Å². The highest BCUT2D eigenvalue weighted by Gasteiger charge is 2.22. The zero-order valence-corrected chi connectivity index (χ0v) is 21.2. The van der Waals surface area contributed by atoms with Crippen molar-refractivity contribution in [3.63, 3.8) is 0 Å². The standard InChI is InChI=1S/C28H31N5O3/c1-32(2)28(34)19-7-5-18(6-8-19)22-15-29-27-26(22)31-24(16-30-27)21-13-20-9-10-33(11-12-35-3)17-23(20)25(14-21)36-4/h5-8,13-16H,9-12,17H2,1-4H3,(H,29,30). The summed E-state index contributed by atoms with van der Waals surface area (Å²) in [5.41, 5.74) is 8.39. The zero-order chi connectivity index (χ0) is 25.2. The summed E-state index contributed by atoms with van der Waals surface area (Å²) >= 11 is 0. The number of aromatic amines is 1. The van der Waals surface area contributed by atoms with Gasteiger partial charge in [0.25, 0.3) is 5.91 Å². The largest absolute Gasteiger partial charge is 0.496 e. The van der Waals surface area contributed by atoms with Crippen molar-refractivity contribution in [1.29, 1.82) is 0 Å². The van der Waals surface area contributed by atoms with E-state index in [2.05, 4.69) is 27.0 Å². The third-order valence-electron chi connectivity index (χ3n) is 6.74. The number of hydrogen-bond donors (Lipinski definition) is 1. The van der Waals surface area contributed by atoms with Crippen LogP contribution >= 0.6 is 0 Å². The summed E-state index contributed by atoms with van der Waals surface area (Å²) in [7, 11) is 6.96. The molecule has 0 radical (unpaired) electrons. The van der Waals surface area contributed by atoms with Crippen LogP contribution in [0.25, 0.3) is 33.5 Å². The molecule has 0 atom stereocenters. The lowest BCUT2D eigenvalue weighted by atomic mass is 9.95. The van der Waals surface area contributed by atoms with Crippen LogP contribution in [0.2, 0.25) is 0 Å². The van der Waals surface area contributed by atoms with E-state index in [9.17, 15) is 4.79 Å². The Bertz CT molecular complexity index is 1380. The van der Waals surface area contributed by atoms with Gasteiger partial charge in [0.2, 0.25) is 0 Å². The van der Waals surface area contributed by atoms with Gasteiger partial charge in [-0.1, -0.05) is 12.1 Å². The van der Waals surface area contributed by atoms with Crippen molar-refractivity contribution in [3.8, 4) is 28.1 Å². The molecule has 36 heavy (non-hydrogen) atoms. The van der Waals surface area contributed by atoms with Crippen LogP contribution in [0, 0.1) is 0 Å². The van der Waals surface area contributed by atoms with Crippen molar-refractivity contribution in [2.24, 2.45) is 0 Å². The van der Waals surface area contributed by atoms with E-state index in [-0.39, 0.29) is 5.91 Å². The fourth-order valence-corrected chi connectivity index (χ4v) is 4.73. The number of methoxy groups -OCH3 is 2. The predicted octanol–water partition coefficient (Wildman–Crippen LogP) is 4.01. The number of carbonyl (C=O) groups excluding carboxylic acids is 1. The molecule has 5 rings (SSSR count). The highest BCUT2D eigenvalue weighted by Crippen LogP contribution is 2.35. The minimum absolute atomic E-state index is 0.0225. The van der Waals surface area contributed by atoms with Gasteiger partial charge < -0.3 is 19.4 Å². The van der Waals surface area contributed by atoms with E-state index in [0.29, 0.717) is 5.56 Å². The first-order chi connectivity index (χ1) is 17.5. The first-order valence-corrected chi connectivity index (χ1v) is 12.1. The monoisotopic (exact) mass is 485 g/mol. The lowest BCUT2D eigenvalue weighted by Crippen LogP contribution is -2.33. The number of hydrogen-bond acceptors (Lipinski definition) is 6. The lowest BCUT2D eigenvalue weighted by Gasteiger charge is -2.30. The molecule has 2 aromatic carbocycles. The molecule has 0 saturated heterocycles. The van der Waals surface area contributed by atoms with E-state index in [1.807, 2.05) is 30.5 Å². The normalized spacial score (nSPS) is 13.6. The molecule has 1 N–H and O–H groups in total. The Hall–Kier alpha value is -3.75. The van der Waals surface area contributed by atoms with Gasteiger partial charge in [0.05, 0.1) is 25.6 Å². The van der Waals surface area contributed by atoms with Crippen LogP contribution in [0.4, 0.5) is 0 Å². The lowest BCUT2D eigenvalue weighted by molar-refractivity contribution is 0.0827. The van der Waals surface area contributed by atoms with E-state index in [0.717, 1.165) is 72.0 Å². The van der Waals surface area contributed by atoms with Gasteiger partial charge in [-0.05, 0) is 41.8 Å². The Balaban J connectivity index is 1.49. The van der Waals surface area contributed by atoms with Crippen LogP contribution in [0.3, 0.4) is 0 Å². The van der Waals surface area contributed by atoms with Gasteiger partial charge in [-0.3, -0.25) is 9.69 Å². The van der Waals surface area contributed by atoms with Crippen molar-refractivity contribution in [2.75, 3.05) is 48.0 Å². The highest BCUT2D eigenvalue weighted by molar-refractivity contribution is 5.96. The highest BCUT2D eigenvalue weighted by atomic mass is 16.5. The third-order valence-corrected chi connectivity index (χ3v) is 6.74. The molecule has 0 bridgehead atoms. The molecule has 3 heterocycles. The molecule has 8 nitrogen and oxygen atoms in total. The number of rotatable bonds is 7. The number of benzene rings is 2. The van der Waals surface area contributed by atoms with Crippen molar-refractivity contribution >= 4 is 17.1 Å². The Kier molecular flexibility index (Phi) is 6.71. The summed E-state index contributed by atoms with van der Waals surface area (Å²) in [4.78, 5) is 29.1. The van der Waals surface area contributed by atoms with Crippen molar-refractivity contribution < 1.29 is 14.3 Å². The van der Waals surface area contributed by atoms with Gasteiger partial charge in [-0.25, -0.2) is 9.97 Å². The van der Waals surface area contributed by atoms with Gasteiger partial charge in [0.1, 0.15) is 11.3 Å². The first kappa shape index (κ1) is 24.0. The number of fused-ring (bicyclic) bond motifs is 2. The van der Waals surface area contributed by atoms with Crippen LogP contribution in [-0.4, -0.2) is 78.7 Å². The van der Waals surface area contributed by atoms with Crippen LogP contribution in [0.5, 0.6) is 5.75 Å². The molecule has 1 amide bonds. The van der Waals surface area contributed by atoms with Crippen molar-refractivity contribution in [3.05, 3.63) is 65.5 Å². The third kappa shape index (κ3) is 4.57. The van der Waals surface area contributed by atoms with Crippen LogP contribution in [0.15, 0.2) is 48.8 Å². The Morgan fingerprint density at radius 1 is 1.14 bits per heavy atom. The average molecular weight is 486 g/mol. The number of carbonyl (C=O) groups is 1. The number of nitrogens with zero attached hydrogens (tertiary/aromatic N) is 4. The second-order valence-corrected chi connectivity index (χ2v) is 9.27. The second kappa shape index (κ2) is 10.1. The van der Waals surface area contributed by atoms with Crippen LogP contribution in [-0.2, 0) is 17.7 Å². The molecular formula is C28H31N5O3. The topological polar surface area (TPSA) is 83.6 Å². The maximum atomic E-state index is 12.3. The van der Waals surface area contributed by atoms with Gasteiger partial charge in [0.15, 0.2) is 5.65 Å². The Morgan fingerprint density at radius 2 is 1.94 bits per heavy atom. The summed E-state index contributed by atoms with van der Waals surface area (Å²) < 4.78 is 11.1.